The molecule has 2 atom stereocenters. The standard InChI is InChI=1S/C17H24N4O3/c1-12-10-21-13(11-20(12)16(22)24-17(2,3)4)14(9-19-21)23-15-7-5-6-8-18-15/h5-9,12,16,22H,10-11H2,1-4H3/t12-,16?/m0/s1. The van der Waals surface area contributed by atoms with Crippen LogP contribution in [-0.4, -0.2) is 42.8 Å². The zero-order valence-corrected chi connectivity index (χ0v) is 14.5. The Balaban J connectivity index is 1.79. The molecule has 0 aliphatic carbocycles. The molecule has 1 unspecified atom stereocenters. The number of hydrogen-bond acceptors (Lipinski definition) is 6. The lowest BCUT2D eigenvalue weighted by Gasteiger charge is -2.39. The van der Waals surface area contributed by atoms with E-state index in [1.807, 2.05) is 49.4 Å². The van der Waals surface area contributed by atoms with E-state index in [1.54, 1.807) is 18.5 Å². The quantitative estimate of drug-likeness (QED) is 0.867. The summed E-state index contributed by atoms with van der Waals surface area (Å²) < 4.78 is 13.4. The highest BCUT2D eigenvalue weighted by Crippen LogP contribution is 2.30. The molecule has 3 rings (SSSR count). The second-order valence-corrected chi connectivity index (χ2v) is 6.99. The van der Waals surface area contributed by atoms with Crippen molar-refractivity contribution in [3.8, 4) is 11.6 Å². The van der Waals surface area contributed by atoms with Crippen molar-refractivity contribution < 1.29 is 14.6 Å². The van der Waals surface area contributed by atoms with Crippen molar-refractivity contribution in [3.63, 3.8) is 0 Å². The number of nitrogens with zero attached hydrogens (tertiary/aromatic N) is 4. The second-order valence-electron chi connectivity index (χ2n) is 6.99. The van der Waals surface area contributed by atoms with Crippen LogP contribution in [0.25, 0.3) is 0 Å². The molecule has 0 bridgehead atoms. The van der Waals surface area contributed by atoms with Crippen LogP contribution in [0.5, 0.6) is 11.6 Å². The Bertz CT molecular complexity index is 681. The van der Waals surface area contributed by atoms with E-state index < -0.39 is 12.0 Å². The fraction of sp³-hybridized carbons (Fsp3) is 0.529. The first-order valence-electron chi connectivity index (χ1n) is 8.09. The first-order valence-corrected chi connectivity index (χ1v) is 8.09. The van der Waals surface area contributed by atoms with Crippen LogP contribution in [0.4, 0.5) is 0 Å². The van der Waals surface area contributed by atoms with Gasteiger partial charge in [0.1, 0.15) is 0 Å². The summed E-state index contributed by atoms with van der Waals surface area (Å²) in [6.07, 6.45) is 2.39. The largest absolute Gasteiger partial charge is 0.435 e. The molecular weight excluding hydrogens is 308 g/mol. The second kappa shape index (κ2) is 6.51. The summed E-state index contributed by atoms with van der Waals surface area (Å²) in [7, 11) is 0. The monoisotopic (exact) mass is 332 g/mol. The number of rotatable bonds is 4. The molecule has 1 aliphatic heterocycles. The normalized spacial score (nSPS) is 19.8. The van der Waals surface area contributed by atoms with Crippen molar-refractivity contribution in [2.75, 3.05) is 0 Å². The van der Waals surface area contributed by atoms with Crippen LogP contribution in [0.15, 0.2) is 30.6 Å². The van der Waals surface area contributed by atoms with E-state index >= 15 is 0 Å². The van der Waals surface area contributed by atoms with Gasteiger partial charge in [-0.1, -0.05) is 6.07 Å². The summed E-state index contributed by atoms with van der Waals surface area (Å²) in [4.78, 5) is 6.07. The minimum atomic E-state index is -0.980. The van der Waals surface area contributed by atoms with Crippen LogP contribution in [0.1, 0.15) is 33.4 Å². The molecule has 0 radical (unpaired) electrons. The van der Waals surface area contributed by atoms with E-state index in [4.69, 9.17) is 9.47 Å². The molecule has 130 valence electrons. The van der Waals surface area contributed by atoms with Crippen molar-refractivity contribution in [3.05, 3.63) is 36.3 Å². The Labute approximate surface area is 141 Å². The molecular formula is C17H24N4O3. The van der Waals surface area contributed by atoms with Crippen LogP contribution in [0, 0.1) is 0 Å². The van der Waals surface area contributed by atoms with Gasteiger partial charge in [-0.15, -0.1) is 0 Å². The highest BCUT2D eigenvalue weighted by molar-refractivity contribution is 5.30. The first-order chi connectivity index (χ1) is 11.3. The summed E-state index contributed by atoms with van der Waals surface area (Å²) in [6.45, 7) is 8.95. The van der Waals surface area contributed by atoms with E-state index in [0.29, 0.717) is 24.7 Å². The molecule has 1 N–H and O–H groups in total. The third-order valence-electron chi connectivity index (χ3n) is 3.84. The van der Waals surface area contributed by atoms with Gasteiger partial charge in [-0.3, -0.25) is 4.68 Å². The Kier molecular flexibility index (Phi) is 4.58. The molecule has 7 heteroatoms. The molecule has 3 heterocycles. The lowest BCUT2D eigenvalue weighted by Crippen LogP contribution is -2.50. The maximum Gasteiger partial charge on any atom is 0.219 e. The number of aromatic nitrogens is 3. The predicted molar refractivity (Wildman–Crippen MR) is 88.4 cm³/mol. The number of hydrogen-bond donors (Lipinski definition) is 1. The van der Waals surface area contributed by atoms with Crippen molar-refractivity contribution in [1.29, 1.82) is 0 Å². The number of fused-ring (bicyclic) bond motifs is 1. The van der Waals surface area contributed by atoms with Gasteiger partial charge in [-0.25, -0.2) is 9.88 Å². The van der Waals surface area contributed by atoms with Gasteiger partial charge in [-0.2, -0.15) is 5.10 Å². The highest BCUT2D eigenvalue weighted by Gasteiger charge is 2.33. The van der Waals surface area contributed by atoms with Crippen LogP contribution in [0.3, 0.4) is 0 Å². The summed E-state index contributed by atoms with van der Waals surface area (Å²) in [5.41, 5.74) is 0.472. The van der Waals surface area contributed by atoms with E-state index in [1.165, 1.54) is 0 Å². The summed E-state index contributed by atoms with van der Waals surface area (Å²) in [5, 5.41) is 14.8. The highest BCUT2D eigenvalue weighted by atomic mass is 16.6. The van der Waals surface area contributed by atoms with Crippen molar-refractivity contribution in [2.24, 2.45) is 0 Å². The fourth-order valence-electron chi connectivity index (χ4n) is 2.68. The number of aliphatic hydroxyl groups excluding tert-OH is 1. The fourth-order valence-corrected chi connectivity index (χ4v) is 2.68. The lowest BCUT2D eigenvalue weighted by atomic mass is 10.2. The zero-order chi connectivity index (χ0) is 17.3. The molecule has 0 saturated heterocycles. The van der Waals surface area contributed by atoms with Gasteiger partial charge in [0.15, 0.2) is 5.75 Å². The minimum Gasteiger partial charge on any atom is -0.435 e. The molecule has 2 aromatic heterocycles. The van der Waals surface area contributed by atoms with Gasteiger partial charge in [-0.05, 0) is 33.8 Å². The zero-order valence-electron chi connectivity index (χ0n) is 14.5. The van der Waals surface area contributed by atoms with Crippen LogP contribution in [0.2, 0.25) is 0 Å². The maximum atomic E-state index is 10.4. The molecule has 0 saturated carbocycles. The van der Waals surface area contributed by atoms with Crippen molar-refractivity contribution >= 4 is 0 Å². The Morgan fingerprint density at radius 2 is 2.12 bits per heavy atom. The topological polar surface area (TPSA) is 72.6 Å². The Morgan fingerprint density at radius 3 is 2.79 bits per heavy atom. The van der Waals surface area contributed by atoms with E-state index in [9.17, 15) is 5.11 Å². The van der Waals surface area contributed by atoms with Gasteiger partial charge >= 0.3 is 0 Å². The van der Waals surface area contributed by atoms with E-state index in [2.05, 4.69) is 10.1 Å². The van der Waals surface area contributed by atoms with Crippen LogP contribution < -0.4 is 4.74 Å². The number of pyridine rings is 1. The third kappa shape index (κ3) is 3.75. The van der Waals surface area contributed by atoms with Crippen LogP contribution >= 0.6 is 0 Å². The summed E-state index contributed by atoms with van der Waals surface area (Å²) in [5.74, 6) is 1.17. The Hall–Kier alpha value is -1.96. The average Bonchev–Trinajstić information content (AvgIpc) is 2.87. The molecule has 0 spiro atoms. The predicted octanol–water partition coefficient (Wildman–Crippen LogP) is 2.37. The van der Waals surface area contributed by atoms with Gasteiger partial charge in [0.2, 0.25) is 12.3 Å². The molecule has 0 aromatic carbocycles. The number of aliphatic hydroxyl groups is 1. The molecule has 1 aliphatic rings. The number of ether oxygens (including phenoxy) is 2. The molecule has 0 amide bonds. The lowest BCUT2D eigenvalue weighted by molar-refractivity contribution is -0.254. The summed E-state index contributed by atoms with van der Waals surface area (Å²) in [6, 6.07) is 5.60. The first kappa shape index (κ1) is 16.9. The van der Waals surface area contributed by atoms with E-state index in [-0.39, 0.29) is 6.04 Å². The van der Waals surface area contributed by atoms with Gasteiger partial charge < -0.3 is 14.6 Å². The van der Waals surface area contributed by atoms with Crippen molar-refractivity contribution in [1.82, 2.24) is 19.7 Å². The maximum absolute atomic E-state index is 10.4. The smallest absolute Gasteiger partial charge is 0.219 e. The molecule has 7 nitrogen and oxygen atoms in total. The van der Waals surface area contributed by atoms with Crippen molar-refractivity contribution in [2.45, 2.75) is 58.8 Å². The summed E-state index contributed by atoms with van der Waals surface area (Å²) >= 11 is 0. The molecule has 24 heavy (non-hydrogen) atoms. The SMILES string of the molecule is C[C@H]1Cn2ncc(Oc3ccccn3)c2CN1C(O)OC(C)(C)C. The van der Waals surface area contributed by atoms with Crippen LogP contribution in [-0.2, 0) is 17.8 Å². The average molecular weight is 332 g/mol. The Morgan fingerprint density at radius 1 is 1.33 bits per heavy atom. The minimum absolute atomic E-state index is 0.0949. The van der Waals surface area contributed by atoms with E-state index in [0.717, 1.165) is 5.69 Å². The third-order valence-corrected chi connectivity index (χ3v) is 3.84. The van der Waals surface area contributed by atoms with Gasteiger partial charge in [0.25, 0.3) is 0 Å². The molecule has 2 aromatic rings. The molecule has 0 fully saturated rings. The van der Waals surface area contributed by atoms with Gasteiger partial charge in [0.05, 0.1) is 24.0 Å². The van der Waals surface area contributed by atoms with Gasteiger partial charge in [0, 0.05) is 24.8 Å².